The minimum Gasteiger partial charge on any atom is -0.497 e. The Morgan fingerprint density at radius 2 is 1.74 bits per heavy atom. The summed E-state index contributed by atoms with van der Waals surface area (Å²) in [4.78, 5) is 0. The van der Waals surface area contributed by atoms with Gasteiger partial charge in [0.05, 0.1) is 13.2 Å². The first kappa shape index (κ1) is 14.0. The van der Waals surface area contributed by atoms with Gasteiger partial charge < -0.3 is 25.4 Å². The molecule has 0 spiro atoms. The van der Waals surface area contributed by atoms with Gasteiger partial charge in [0.25, 0.3) is 0 Å². The van der Waals surface area contributed by atoms with Crippen molar-refractivity contribution in [2.45, 2.75) is 30.9 Å². The van der Waals surface area contributed by atoms with Gasteiger partial charge in [-0.1, -0.05) is 24.3 Å². The molecule has 19 heavy (non-hydrogen) atoms. The molecule has 0 saturated heterocycles. The Morgan fingerprint density at radius 1 is 1.05 bits per heavy atom. The second-order valence-corrected chi connectivity index (χ2v) is 4.61. The largest absolute Gasteiger partial charge is 0.497 e. The van der Waals surface area contributed by atoms with Gasteiger partial charge in [0, 0.05) is 6.54 Å². The highest BCUT2D eigenvalue weighted by Gasteiger charge is 2.32. The first-order chi connectivity index (χ1) is 9.11. The van der Waals surface area contributed by atoms with E-state index in [4.69, 9.17) is 4.74 Å². The first-order valence-electron chi connectivity index (χ1n) is 6.20. The van der Waals surface area contributed by atoms with Gasteiger partial charge >= 0.3 is 0 Å². The van der Waals surface area contributed by atoms with Crippen LogP contribution in [0.25, 0.3) is 0 Å². The lowest BCUT2D eigenvalue weighted by Crippen LogP contribution is -2.51. The second-order valence-electron chi connectivity index (χ2n) is 4.61. The van der Waals surface area contributed by atoms with Crippen LogP contribution in [0.5, 0.6) is 5.75 Å². The van der Waals surface area contributed by atoms with Crippen molar-refractivity contribution in [2.75, 3.05) is 7.11 Å². The molecule has 104 valence electrons. The molecule has 5 heteroatoms. The van der Waals surface area contributed by atoms with E-state index in [0.29, 0.717) is 6.54 Å². The van der Waals surface area contributed by atoms with Gasteiger partial charge in [-0.25, -0.2) is 0 Å². The lowest BCUT2D eigenvalue weighted by molar-refractivity contribution is -0.0567. The third-order valence-corrected chi connectivity index (χ3v) is 3.28. The maximum absolute atomic E-state index is 9.82. The first-order valence-corrected chi connectivity index (χ1v) is 6.20. The van der Waals surface area contributed by atoms with Crippen LogP contribution >= 0.6 is 0 Å². The molecule has 1 aromatic rings. The van der Waals surface area contributed by atoms with Gasteiger partial charge in [0.2, 0.25) is 0 Å². The molecule has 0 heterocycles. The van der Waals surface area contributed by atoms with Crippen LogP contribution in [0.15, 0.2) is 36.4 Å². The summed E-state index contributed by atoms with van der Waals surface area (Å²) < 4.78 is 5.07. The molecule has 4 atom stereocenters. The summed E-state index contributed by atoms with van der Waals surface area (Å²) >= 11 is 0. The van der Waals surface area contributed by atoms with Crippen LogP contribution in [0.1, 0.15) is 5.56 Å². The molecule has 0 radical (unpaired) electrons. The van der Waals surface area contributed by atoms with E-state index in [0.717, 1.165) is 11.3 Å². The van der Waals surface area contributed by atoms with E-state index in [9.17, 15) is 15.3 Å². The molecule has 0 aliphatic heterocycles. The molecule has 4 N–H and O–H groups in total. The van der Waals surface area contributed by atoms with Crippen molar-refractivity contribution in [2.24, 2.45) is 0 Å². The molecule has 1 aliphatic carbocycles. The van der Waals surface area contributed by atoms with E-state index in [1.165, 1.54) is 6.08 Å². The highest BCUT2D eigenvalue weighted by molar-refractivity contribution is 5.27. The molecular formula is C14H19NO4. The molecule has 0 amide bonds. The Hall–Kier alpha value is -1.40. The fourth-order valence-corrected chi connectivity index (χ4v) is 2.04. The second kappa shape index (κ2) is 6.16. The Balaban J connectivity index is 1.93. The molecule has 0 aromatic heterocycles. The Morgan fingerprint density at radius 3 is 2.37 bits per heavy atom. The number of hydrogen-bond donors (Lipinski definition) is 4. The van der Waals surface area contributed by atoms with Crippen molar-refractivity contribution in [3.05, 3.63) is 42.0 Å². The molecular weight excluding hydrogens is 246 g/mol. The zero-order valence-corrected chi connectivity index (χ0v) is 10.7. The average Bonchev–Trinajstić information content (AvgIpc) is 2.45. The minimum atomic E-state index is -1.15. The normalized spacial score (nSPS) is 30.3. The van der Waals surface area contributed by atoms with Gasteiger partial charge in [-0.3, -0.25) is 0 Å². The monoisotopic (exact) mass is 265 g/mol. The zero-order valence-electron chi connectivity index (χ0n) is 10.7. The highest BCUT2D eigenvalue weighted by atomic mass is 16.5. The van der Waals surface area contributed by atoms with E-state index in [-0.39, 0.29) is 6.04 Å². The summed E-state index contributed by atoms with van der Waals surface area (Å²) in [6, 6.07) is 7.21. The number of rotatable bonds is 4. The number of ether oxygens (including phenoxy) is 1. The molecule has 0 fully saturated rings. The summed E-state index contributed by atoms with van der Waals surface area (Å²) in [7, 11) is 1.61. The Labute approximate surface area is 112 Å². The fourth-order valence-electron chi connectivity index (χ4n) is 2.04. The lowest BCUT2D eigenvalue weighted by Gasteiger charge is -2.31. The summed E-state index contributed by atoms with van der Waals surface area (Å²) in [6.45, 7) is 0.554. The maximum Gasteiger partial charge on any atom is 0.118 e. The summed E-state index contributed by atoms with van der Waals surface area (Å²) in [6.07, 6.45) is -0.0140. The number of methoxy groups -OCH3 is 1. The van der Waals surface area contributed by atoms with Crippen LogP contribution in [-0.2, 0) is 6.54 Å². The Kier molecular flexibility index (Phi) is 4.55. The number of benzene rings is 1. The van der Waals surface area contributed by atoms with E-state index in [1.54, 1.807) is 13.2 Å². The topological polar surface area (TPSA) is 82.0 Å². The summed E-state index contributed by atoms with van der Waals surface area (Å²) in [5.74, 6) is 0.792. The van der Waals surface area contributed by atoms with Crippen molar-refractivity contribution in [1.82, 2.24) is 5.32 Å². The van der Waals surface area contributed by atoms with Crippen molar-refractivity contribution in [3.8, 4) is 5.75 Å². The van der Waals surface area contributed by atoms with Crippen LogP contribution in [0.3, 0.4) is 0 Å². The highest BCUT2D eigenvalue weighted by Crippen LogP contribution is 2.15. The standard InChI is InChI=1S/C14H19NO4/c1-19-10-4-2-9(3-5-10)8-15-11-6-7-12(16)14(18)13(11)17/h2-7,11-18H,8H2,1H3. The minimum absolute atomic E-state index is 0.375. The fraction of sp³-hybridized carbons (Fsp3) is 0.429. The predicted molar refractivity (Wildman–Crippen MR) is 70.8 cm³/mol. The van der Waals surface area contributed by atoms with Gasteiger partial charge in [0.1, 0.15) is 24.1 Å². The zero-order chi connectivity index (χ0) is 13.8. The third kappa shape index (κ3) is 3.33. The SMILES string of the molecule is COc1ccc(CNC2C=CC(O)C(O)C2O)cc1. The number of nitrogens with one attached hydrogen (secondary N) is 1. The van der Waals surface area contributed by atoms with E-state index >= 15 is 0 Å². The van der Waals surface area contributed by atoms with Crippen molar-refractivity contribution in [3.63, 3.8) is 0 Å². The third-order valence-electron chi connectivity index (χ3n) is 3.28. The molecule has 0 bridgehead atoms. The van der Waals surface area contributed by atoms with Gasteiger partial charge in [-0.15, -0.1) is 0 Å². The van der Waals surface area contributed by atoms with Crippen LogP contribution in [-0.4, -0.2) is 46.8 Å². The Bertz CT molecular complexity index is 432. The smallest absolute Gasteiger partial charge is 0.118 e. The predicted octanol–water partition coefficient (Wildman–Crippen LogP) is -0.194. The number of aliphatic hydroxyl groups excluding tert-OH is 3. The molecule has 0 saturated carbocycles. The van der Waals surface area contributed by atoms with Crippen LogP contribution in [0.2, 0.25) is 0 Å². The summed E-state index contributed by atoms with van der Waals surface area (Å²) in [5, 5.41) is 31.9. The van der Waals surface area contributed by atoms with Gasteiger partial charge in [-0.05, 0) is 17.7 Å². The van der Waals surface area contributed by atoms with Crippen molar-refractivity contribution < 1.29 is 20.1 Å². The van der Waals surface area contributed by atoms with E-state index < -0.39 is 18.3 Å². The molecule has 5 nitrogen and oxygen atoms in total. The lowest BCUT2D eigenvalue weighted by atomic mass is 9.94. The van der Waals surface area contributed by atoms with Gasteiger partial charge in [-0.2, -0.15) is 0 Å². The van der Waals surface area contributed by atoms with Crippen molar-refractivity contribution in [1.29, 1.82) is 0 Å². The van der Waals surface area contributed by atoms with Gasteiger partial charge in [0.15, 0.2) is 0 Å². The van der Waals surface area contributed by atoms with Crippen molar-refractivity contribution >= 4 is 0 Å². The number of aliphatic hydroxyl groups is 3. The number of hydrogen-bond acceptors (Lipinski definition) is 5. The molecule has 2 rings (SSSR count). The van der Waals surface area contributed by atoms with Crippen LogP contribution < -0.4 is 10.1 Å². The molecule has 1 aliphatic rings. The molecule has 4 unspecified atom stereocenters. The maximum atomic E-state index is 9.82. The summed E-state index contributed by atoms with van der Waals surface area (Å²) in [5.41, 5.74) is 1.04. The van der Waals surface area contributed by atoms with E-state index in [1.807, 2.05) is 24.3 Å². The van der Waals surface area contributed by atoms with Crippen LogP contribution in [0.4, 0.5) is 0 Å². The van der Waals surface area contributed by atoms with E-state index in [2.05, 4.69) is 5.32 Å². The van der Waals surface area contributed by atoms with Crippen LogP contribution in [0, 0.1) is 0 Å². The average molecular weight is 265 g/mol. The quantitative estimate of drug-likeness (QED) is 0.567. The molecule has 1 aromatic carbocycles.